The number of nitrogens with one attached hydrogen (secondary N) is 1. The lowest BCUT2D eigenvalue weighted by Gasteiger charge is -2.23. The lowest BCUT2D eigenvalue weighted by molar-refractivity contribution is 0.435. The zero-order valence-corrected chi connectivity index (χ0v) is 10.4. The van der Waals surface area contributed by atoms with Gasteiger partial charge in [0.05, 0.1) is 0 Å². The van der Waals surface area contributed by atoms with Crippen molar-refractivity contribution < 1.29 is 4.21 Å². The van der Waals surface area contributed by atoms with E-state index in [1.54, 1.807) is 0 Å². The molecule has 1 aliphatic heterocycles. The molecule has 1 aliphatic rings. The quantitative estimate of drug-likeness (QED) is 0.782. The molecule has 14 heavy (non-hydrogen) atoms. The fourth-order valence-electron chi connectivity index (χ4n) is 2.20. The fourth-order valence-corrected chi connectivity index (χ4v) is 4.10. The predicted molar refractivity (Wildman–Crippen MR) is 63.0 cm³/mol. The summed E-state index contributed by atoms with van der Waals surface area (Å²) >= 11 is 0. The Morgan fingerprint density at radius 1 is 1.43 bits per heavy atom. The van der Waals surface area contributed by atoms with Crippen LogP contribution < -0.4 is 5.32 Å². The van der Waals surface area contributed by atoms with E-state index >= 15 is 0 Å². The van der Waals surface area contributed by atoms with E-state index in [1.165, 1.54) is 6.42 Å². The van der Waals surface area contributed by atoms with Gasteiger partial charge in [0.15, 0.2) is 0 Å². The molecule has 1 saturated heterocycles. The Kier molecular flexibility index (Phi) is 5.10. The Labute approximate surface area is 90.3 Å². The molecule has 4 atom stereocenters. The van der Waals surface area contributed by atoms with Crippen LogP contribution in [0.3, 0.4) is 0 Å². The molecule has 0 aromatic heterocycles. The molecule has 3 heteroatoms. The van der Waals surface area contributed by atoms with Gasteiger partial charge in [0, 0.05) is 27.8 Å². The molecule has 1 N–H and O–H groups in total. The Morgan fingerprint density at radius 2 is 2.14 bits per heavy atom. The van der Waals surface area contributed by atoms with E-state index in [4.69, 9.17) is 0 Å². The van der Waals surface area contributed by atoms with Crippen LogP contribution in [0, 0.1) is 5.92 Å². The van der Waals surface area contributed by atoms with Crippen molar-refractivity contribution in [3.8, 4) is 0 Å². The van der Waals surface area contributed by atoms with Gasteiger partial charge in [0.2, 0.25) is 0 Å². The molecule has 0 saturated carbocycles. The minimum absolute atomic E-state index is 0.375. The second kappa shape index (κ2) is 5.86. The zero-order valence-electron chi connectivity index (χ0n) is 9.58. The average Bonchev–Trinajstić information content (AvgIpc) is 2.26. The van der Waals surface area contributed by atoms with Crippen LogP contribution in [0.5, 0.6) is 0 Å². The van der Waals surface area contributed by atoms with E-state index in [0.717, 1.165) is 25.1 Å². The summed E-state index contributed by atoms with van der Waals surface area (Å²) in [6.45, 7) is 7.58. The third-order valence-electron chi connectivity index (χ3n) is 2.97. The molecule has 1 fully saturated rings. The second-order valence-corrected chi connectivity index (χ2v) is 6.10. The largest absolute Gasteiger partial charge is 0.312 e. The number of hydrogen-bond donors (Lipinski definition) is 1. The fraction of sp³-hybridized carbons (Fsp3) is 1.00. The molecule has 0 aromatic rings. The van der Waals surface area contributed by atoms with Crippen molar-refractivity contribution in [2.75, 3.05) is 12.3 Å². The van der Waals surface area contributed by atoms with E-state index in [0.29, 0.717) is 17.2 Å². The van der Waals surface area contributed by atoms with Crippen LogP contribution in [0.15, 0.2) is 0 Å². The second-order valence-electron chi connectivity index (χ2n) is 4.40. The first-order valence-electron chi connectivity index (χ1n) is 5.79. The van der Waals surface area contributed by atoms with Crippen molar-refractivity contribution in [1.29, 1.82) is 0 Å². The predicted octanol–water partition coefficient (Wildman–Crippen LogP) is 1.92. The van der Waals surface area contributed by atoms with E-state index in [2.05, 4.69) is 26.1 Å². The molecule has 1 heterocycles. The first-order chi connectivity index (χ1) is 6.69. The molecule has 2 nitrogen and oxygen atoms in total. The molecular weight excluding hydrogens is 194 g/mol. The highest BCUT2D eigenvalue weighted by molar-refractivity contribution is 7.85. The molecule has 0 spiro atoms. The Bertz CT molecular complexity index is 196. The summed E-state index contributed by atoms with van der Waals surface area (Å²) in [6, 6.07) is 0.482. The smallest absolute Gasteiger partial charge is 0.0498 e. The molecule has 0 bridgehead atoms. The Hall–Kier alpha value is 0.110. The number of rotatable bonds is 3. The highest BCUT2D eigenvalue weighted by Crippen LogP contribution is 2.18. The lowest BCUT2D eigenvalue weighted by atomic mass is 10.1. The van der Waals surface area contributed by atoms with Crippen LogP contribution in [0.4, 0.5) is 0 Å². The third-order valence-corrected chi connectivity index (χ3v) is 5.20. The maximum absolute atomic E-state index is 12.0. The van der Waals surface area contributed by atoms with Crippen LogP contribution in [-0.2, 0) is 10.8 Å². The summed E-state index contributed by atoms with van der Waals surface area (Å²) in [5, 5.41) is 3.95. The van der Waals surface area contributed by atoms with Gasteiger partial charge in [-0.25, -0.2) is 0 Å². The van der Waals surface area contributed by atoms with Gasteiger partial charge in [-0.15, -0.1) is 0 Å². The topological polar surface area (TPSA) is 29.1 Å². The SMILES string of the molecule is CCCC1NCC(C)CS(=O)C1CC. The molecule has 1 rings (SSSR count). The van der Waals surface area contributed by atoms with Gasteiger partial charge >= 0.3 is 0 Å². The lowest BCUT2D eigenvalue weighted by Crippen LogP contribution is -2.40. The van der Waals surface area contributed by atoms with Crippen molar-refractivity contribution in [3.63, 3.8) is 0 Å². The van der Waals surface area contributed by atoms with Crippen LogP contribution in [-0.4, -0.2) is 27.8 Å². The molecule has 84 valence electrons. The van der Waals surface area contributed by atoms with Gasteiger partial charge in [0.25, 0.3) is 0 Å². The van der Waals surface area contributed by atoms with E-state index in [-0.39, 0.29) is 0 Å². The summed E-state index contributed by atoms with van der Waals surface area (Å²) in [7, 11) is -0.620. The van der Waals surface area contributed by atoms with E-state index in [9.17, 15) is 4.21 Å². The van der Waals surface area contributed by atoms with Crippen LogP contribution in [0.2, 0.25) is 0 Å². The summed E-state index contributed by atoms with van der Waals surface area (Å²) in [5.74, 6) is 1.44. The third kappa shape index (κ3) is 3.06. The van der Waals surface area contributed by atoms with Gasteiger partial charge in [-0.1, -0.05) is 27.2 Å². The molecular formula is C11H23NOS. The maximum atomic E-state index is 12.0. The first-order valence-corrected chi connectivity index (χ1v) is 7.17. The highest BCUT2D eigenvalue weighted by Gasteiger charge is 2.28. The molecule has 4 unspecified atom stereocenters. The highest BCUT2D eigenvalue weighted by atomic mass is 32.2. The Morgan fingerprint density at radius 3 is 2.71 bits per heavy atom. The maximum Gasteiger partial charge on any atom is 0.0498 e. The van der Waals surface area contributed by atoms with Crippen LogP contribution in [0.25, 0.3) is 0 Å². The monoisotopic (exact) mass is 217 g/mol. The van der Waals surface area contributed by atoms with Gasteiger partial charge < -0.3 is 5.32 Å². The zero-order chi connectivity index (χ0) is 10.6. The minimum Gasteiger partial charge on any atom is -0.312 e. The van der Waals surface area contributed by atoms with Crippen molar-refractivity contribution in [2.24, 2.45) is 5.92 Å². The van der Waals surface area contributed by atoms with Crippen LogP contribution >= 0.6 is 0 Å². The summed E-state index contributed by atoms with van der Waals surface area (Å²) < 4.78 is 12.0. The van der Waals surface area contributed by atoms with Crippen molar-refractivity contribution in [1.82, 2.24) is 5.32 Å². The Balaban J connectivity index is 2.66. The molecule has 0 amide bonds. The normalized spacial score (nSPS) is 39.4. The average molecular weight is 217 g/mol. The van der Waals surface area contributed by atoms with Gasteiger partial charge in [-0.05, 0) is 25.3 Å². The van der Waals surface area contributed by atoms with E-state index in [1.807, 2.05) is 0 Å². The van der Waals surface area contributed by atoms with Crippen molar-refractivity contribution in [3.05, 3.63) is 0 Å². The van der Waals surface area contributed by atoms with Crippen LogP contribution in [0.1, 0.15) is 40.0 Å². The molecule has 0 aliphatic carbocycles. The summed E-state index contributed by atoms with van der Waals surface area (Å²) in [6.07, 6.45) is 3.38. The summed E-state index contributed by atoms with van der Waals surface area (Å²) in [5.41, 5.74) is 0. The minimum atomic E-state index is -0.620. The van der Waals surface area contributed by atoms with Gasteiger partial charge in [0.1, 0.15) is 0 Å². The first kappa shape index (κ1) is 12.2. The standard InChI is InChI=1S/C11H23NOS/c1-4-6-10-11(5-2)14(13)8-9(3)7-12-10/h9-12H,4-8H2,1-3H3. The van der Waals surface area contributed by atoms with Gasteiger partial charge in [-0.3, -0.25) is 4.21 Å². The van der Waals surface area contributed by atoms with Gasteiger partial charge in [-0.2, -0.15) is 0 Å². The molecule has 0 radical (unpaired) electrons. The van der Waals surface area contributed by atoms with Crippen molar-refractivity contribution in [2.45, 2.75) is 51.3 Å². The van der Waals surface area contributed by atoms with E-state index < -0.39 is 10.8 Å². The van der Waals surface area contributed by atoms with Crippen molar-refractivity contribution >= 4 is 10.8 Å². The molecule has 0 aromatic carbocycles. The summed E-state index contributed by atoms with van der Waals surface area (Å²) in [4.78, 5) is 0. The number of hydrogen-bond acceptors (Lipinski definition) is 2.